The van der Waals surface area contributed by atoms with Gasteiger partial charge < -0.3 is 14.4 Å². The molecule has 0 spiro atoms. The number of aromatic nitrogens is 3. The minimum absolute atomic E-state index is 0.136. The number of β-amino-alcohol motifs (C(OH)–C–C–N with tert-alkyl or cyclic N) is 1. The number of hydrogen-bond acceptors (Lipinski definition) is 5. The molecule has 0 saturated carbocycles. The van der Waals surface area contributed by atoms with Gasteiger partial charge in [0, 0.05) is 12.6 Å². The number of aliphatic hydroxyl groups is 1. The van der Waals surface area contributed by atoms with Crippen LogP contribution in [0.2, 0.25) is 0 Å². The lowest BCUT2D eigenvalue weighted by Crippen LogP contribution is -2.48. The van der Waals surface area contributed by atoms with Crippen LogP contribution in [0.3, 0.4) is 0 Å². The van der Waals surface area contributed by atoms with Gasteiger partial charge >= 0.3 is 0 Å². The maximum atomic E-state index is 12.4. The summed E-state index contributed by atoms with van der Waals surface area (Å²) in [4.78, 5) is 14.0. The Hall–Kier alpha value is -2.15. The zero-order chi connectivity index (χ0) is 15.7. The van der Waals surface area contributed by atoms with Crippen LogP contribution in [-0.2, 0) is 5.60 Å². The van der Waals surface area contributed by atoms with Gasteiger partial charge in [-0.15, -0.1) is 5.10 Å². The van der Waals surface area contributed by atoms with Crippen molar-refractivity contribution in [1.82, 2.24) is 19.9 Å². The fraction of sp³-hybridized carbons (Fsp3) is 0.533. The fourth-order valence-electron chi connectivity index (χ4n) is 2.73. The van der Waals surface area contributed by atoms with Gasteiger partial charge in [-0.2, -0.15) is 0 Å². The molecule has 118 valence electrons. The molecule has 1 atom stereocenters. The van der Waals surface area contributed by atoms with E-state index in [0.717, 1.165) is 0 Å². The second kappa shape index (κ2) is 5.57. The molecule has 3 heterocycles. The molecule has 0 aromatic carbocycles. The zero-order valence-electron chi connectivity index (χ0n) is 12.8. The first-order valence-corrected chi connectivity index (χ1v) is 7.46. The van der Waals surface area contributed by atoms with Crippen LogP contribution in [0.4, 0.5) is 0 Å². The lowest BCUT2D eigenvalue weighted by atomic mass is 9.89. The second-order valence-electron chi connectivity index (χ2n) is 6.05. The summed E-state index contributed by atoms with van der Waals surface area (Å²) >= 11 is 0. The van der Waals surface area contributed by atoms with E-state index in [0.29, 0.717) is 30.6 Å². The molecule has 0 radical (unpaired) electrons. The summed E-state index contributed by atoms with van der Waals surface area (Å²) in [6, 6.07) is 1.81. The fourth-order valence-corrected chi connectivity index (χ4v) is 2.73. The maximum Gasteiger partial charge on any atom is 0.257 e. The van der Waals surface area contributed by atoms with Crippen molar-refractivity contribution in [3.8, 4) is 0 Å². The summed E-state index contributed by atoms with van der Waals surface area (Å²) in [5, 5.41) is 19.1. The molecule has 1 aliphatic rings. The standard InChI is InChI=1S/C15H20N4O3/c1-11(2)19-8-13(16-17-19)15(21)5-3-6-18(10-15)14(20)12-4-7-22-9-12/h4,7-9,11,21H,3,5-6,10H2,1-2H3/t15-/m1/s1. The molecule has 3 rings (SSSR count). The van der Waals surface area contributed by atoms with E-state index in [1.54, 1.807) is 21.8 Å². The number of furan rings is 1. The predicted molar refractivity (Wildman–Crippen MR) is 78.1 cm³/mol. The molecule has 1 fully saturated rings. The Morgan fingerprint density at radius 1 is 1.50 bits per heavy atom. The summed E-state index contributed by atoms with van der Waals surface area (Å²) in [5.41, 5.74) is -0.133. The van der Waals surface area contributed by atoms with Crippen molar-refractivity contribution in [2.75, 3.05) is 13.1 Å². The van der Waals surface area contributed by atoms with E-state index in [4.69, 9.17) is 4.42 Å². The van der Waals surface area contributed by atoms with E-state index in [1.165, 1.54) is 12.5 Å². The largest absolute Gasteiger partial charge is 0.472 e. The Bertz CT molecular complexity index is 650. The number of amides is 1. The molecule has 1 saturated heterocycles. The van der Waals surface area contributed by atoms with Gasteiger partial charge in [-0.1, -0.05) is 5.21 Å². The van der Waals surface area contributed by atoms with Crippen molar-refractivity contribution in [3.63, 3.8) is 0 Å². The normalized spacial score (nSPS) is 22.3. The highest BCUT2D eigenvalue weighted by Crippen LogP contribution is 2.31. The van der Waals surface area contributed by atoms with Crippen LogP contribution in [-0.4, -0.2) is 44.0 Å². The summed E-state index contributed by atoms with van der Waals surface area (Å²) in [5.74, 6) is -0.136. The highest BCUT2D eigenvalue weighted by Gasteiger charge is 2.39. The third-order valence-corrected chi connectivity index (χ3v) is 4.04. The van der Waals surface area contributed by atoms with Crippen molar-refractivity contribution in [2.45, 2.75) is 38.3 Å². The maximum absolute atomic E-state index is 12.4. The van der Waals surface area contributed by atoms with E-state index < -0.39 is 5.60 Å². The van der Waals surface area contributed by atoms with E-state index in [-0.39, 0.29) is 18.5 Å². The first-order chi connectivity index (χ1) is 10.5. The smallest absolute Gasteiger partial charge is 0.257 e. The van der Waals surface area contributed by atoms with Gasteiger partial charge in [0.15, 0.2) is 0 Å². The Kier molecular flexibility index (Phi) is 3.74. The Labute approximate surface area is 128 Å². The van der Waals surface area contributed by atoms with Gasteiger partial charge in [0.05, 0.1) is 24.6 Å². The zero-order valence-corrected chi connectivity index (χ0v) is 12.8. The number of likely N-dealkylation sites (tertiary alicyclic amines) is 1. The average molecular weight is 304 g/mol. The first kappa shape index (κ1) is 14.8. The average Bonchev–Trinajstić information content (AvgIpc) is 3.18. The van der Waals surface area contributed by atoms with E-state index in [1.807, 2.05) is 13.8 Å². The van der Waals surface area contributed by atoms with Gasteiger partial charge in [0.2, 0.25) is 0 Å². The second-order valence-corrected chi connectivity index (χ2v) is 6.05. The molecular formula is C15H20N4O3. The molecule has 1 N–H and O–H groups in total. The molecular weight excluding hydrogens is 284 g/mol. The summed E-state index contributed by atoms with van der Waals surface area (Å²) in [6.07, 6.45) is 5.94. The van der Waals surface area contributed by atoms with Crippen LogP contribution >= 0.6 is 0 Å². The van der Waals surface area contributed by atoms with Gasteiger partial charge in [-0.05, 0) is 32.8 Å². The predicted octanol–water partition coefficient (Wildman–Crippen LogP) is 1.58. The van der Waals surface area contributed by atoms with Crippen LogP contribution in [0.5, 0.6) is 0 Å². The van der Waals surface area contributed by atoms with Gasteiger partial charge in [0.25, 0.3) is 5.91 Å². The third kappa shape index (κ3) is 2.64. The van der Waals surface area contributed by atoms with Gasteiger partial charge in [-0.25, -0.2) is 4.68 Å². The molecule has 2 aromatic rings. The van der Waals surface area contributed by atoms with Crippen molar-refractivity contribution in [3.05, 3.63) is 36.0 Å². The van der Waals surface area contributed by atoms with Crippen LogP contribution in [0.25, 0.3) is 0 Å². The third-order valence-electron chi connectivity index (χ3n) is 4.04. The van der Waals surface area contributed by atoms with Crippen LogP contribution in [0.15, 0.2) is 29.2 Å². The number of carbonyl (C=O) groups is 1. The van der Waals surface area contributed by atoms with E-state index in [2.05, 4.69) is 10.3 Å². The highest BCUT2D eigenvalue weighted by molar-refractivity contribution is 5.93. The summed E-state index contributed by atoms with van der Waals surface area (Å²) in [7, 11) is 0. The molecule has 22 heavy (non-hydrogen) atoms. The molecule has 7 heteroatoms. The molecule has 1 aliphatic heterocycles. The Balaban J connectivity index is 1.80. The molecule has 2 aromatic heterocycles. The van der Waals surface area contributed by atoms with Crippen molar-refractivity contribution < 1.29 is 14.3 Å². The van der Waals surface area contributed by atoms with Gasteiger partial charge in [0.1, 0.15) is 17.6 Å². The van der Waals surface area contributed by atoms with Crippen LogP contribution in [0.1, 0.15) is 48.8 Å². The first-order valence-electron chi connectivity index (χ1n) is 7.46. The van der Waals surface area contributed by atoms with E-state index >= 15 is 0 Å². The minimum atomic E-state index is -1.15. The number of nitrogens with zero attached hydrogens (tertiary/aromatic N) is 4. The van der Waals surface area contributed by atoms with Gasteiger partial charge in [-0.3, -0.25) is 4.79 Å². The quantitative estimate of drug-likeness (QED) is 0.930. The lowest BCUT2D eigenvalue weighted by Gasteiger charge is -2.37. The van der Waals surface area contributed by atoms with Crippen LogP contribution < -0.4 is 0 Å². The Morgan fingerprint density at radius 2 is 2.32 bits per heavy atom. The number of hydrogen-bond donors (Lipinski definition) is 1. The number of rotatable bonds is 3. The molecule has 0 bridgehead atoms. The monoisotopic (exact) mass is 304 g/mol. The topological polar surface area (TPSA) is 84.4 Å². The lowest BCUT2D eigenvalue weighted by molar-refractivity contribution is -0.0320. The molecule has 0 unspecified atom stereocenters. The SMILES string of the molecule is CC(C)n1cc([C@@]2(O)CCCN(C(=O)c3ccoc3)C2)nn1. The van der Waals surface area contributed by atoms with E-state index in [9.17, 15) is 9.90 Å². The van der Waals surface area contributed by atoms with Crippen LogP contribution in [0, 0.1) is 0 Å². The number of piperidine rings is 1. The minimum Gasteiger partial charge on any atom is -0.472 e. The molecule has 0 aliphatic carbocycles. The highest BCUT2D eigenvalue weighted by atomic mass is 16.3. The number of carbonyl (C=O) groups excluding carboxylic acids is 1. The molecule has 1 amide bonds. The van der Waals surface area contributed by atoms with Crippen molar-refractivity contribution >= 4 is 5.91 Å². The van der Waals surface area contributed by atoms with Crippen molar-refractivity contribution in [2.24, 2.45) is 0 Å². The molecule has 7 nitrogen and oxygen atoms in total. The summed E-state index contributed by atoms with van der Waals surface area (Å²) in [6.45, 7) is 4.83. The summed E-state index contributed by atoms with van der Waals surface area (Å²) < 4.78 is 6.67. The van der Waals surface area contributed by atoms with Crippen molar-refractivity contribution in [1.29, 1.82) is 0 Å². The Morgan fingerprint density at radius 3 is 2.95 bits per heavy atom.